The third kappa shape index (κ3) is 2.33. The van der Waals surface area contributed by atoms with Crippen LogP contribution in [0.2, 0.25) is 0 Å². The van der Waals surface area contributed by atoms with Crippen LogP contribution in [0.4, 0.5) is 0 Å². The molecule has 15 heavy (non-hydrogen) atoms. The van der Waals surface area contributed by atoms with Crippen LogP contribution < -0.4 is 4.74 Å². The molecule has 1 aromatic heterocycles. The van der Waals surface area contributed by atoms with E-state index < -0.39 is 0 Å². The normalized spacial score (nSPS) is 12.4. The van der Waals surface area contributed by atoms with Gasteiger partial charge >= 0.3 is 0 Å². The van der Waals surface area contributed by atoms with Crippen molar-refractivity contribution in [1.82, 2.24) is 0 Å². The van der Waals surface area contributed by atoms with Crippen LogP contribution in [0, 0.1) is 0 Å². The molecule has 0 aliphatic carbocycles. The van der Waals surface area contributed by atoms with Crippen molar-refractivity contribution in [2.75, 3.05) is 7.11 Å². The van der Waals surface area contributed by atoms with Crippen molar-refractivity contribution in [3.63, 3.8) is 0 Å². The van der Waals surface area contributed by atoms with E-state index in [-0.39, 0.29) is 5.38 Å². The lowest BCUT2D eigenvalue weighted by Gasteiger charge is -2.08. The smallest absolute Gasteiger partial charge is 0.118 e. The zero-order valence-corrected chi connectivity index (χ0v) is 9.89. The van der Waals surface area contributed by atoms with E-state index in [1.807, 2.05) is 35.7 Å². The Morgan fingerprint density at radius 2 is 1.87 bits per heavy atom. The number of thiophene rings is 1. The van der Waals surface area contributed by atoms with Crippen LogP contribution in [0.1, 0.15) is 16.5 Å². The number of benzene rings is 1. The molecule has 0 spiro atoms. The molecule has 0 radical (unpaired) electrons. The summed E-state index contributed by atoms with van der Waals surface area (Å²) in [6.45, 7) is 0. The number of hydrogen-bond acceptors (Lipinski definition) is 2. The van der Waals surface area contributed by atoms with Crippen LogP contribution in [0.3, 0.4) is 0 Å². The number of halogens is 1. The molecule has 2 aromatic rings. The van der Waals surface area contributed by atoms with Gasteiger partial charge in [0.05, 0.1) is 12.5 Å². The maximum atomic E-state index is 6.33. The molecule has 1 aromatic carbocycles. The van der Waals surface area contributed by atoms with E-state index in [0.717, 1.165) is 16.9 Å². The van der Waals surface area contributed by atoms with Gasteiger partial charge in [0.2, 0.25) is 0 Å². The summed E-state index contributed by atoms with van der Waals surface area (Å²) in [5.74, 6) is 0.855. The summed E-state index contributed by atoms with van der Waals surface area (Å²) >= 11 is 8.00. The van der Waals surface area contributed by atoms with E-state index in [4.69, 9.17) is 16.3 Å². The quantitative estimate of drug-likeness (QED) is 0.732. The Labute approximate surface area is 98.3 Å². The summed E-state index contributed by atoms with van der Waals surface area (Å²) < 4.78 is 5.10. The second kappa shape index (κ2) is 4.69. The fourth-order valence-corrected chi connectivity index (χ4v) is 2.43. The predicted molar refractivity (Wildman–Crippen MR) is 65.0 cm³/mol. The summed E-state index contributed by atoms with van der Waals surface area (Å²) in [5.41, 5.74) is 2.24. The summed E-state index contributed by atoms with van der Waals surface area (Å²) in [6, 6.07) is 9.89. The highest BCUT2D eigenvalue weighted by Gasteiger charge is 2.10. The molecule has 3 heteroatoms. The second-order valence-corrected chi connectivity index (χ2v) is 4.41. The molecular formula is C12H11ClOS. The Kier molecular flexibility index (Phi) is 3.29. The van der Waals surface area contributed by atoms with Gasteiger partial charge in [-0.05, 0) is 40.1 Å². The first-order chi connectivity index (χ1) is 7.31. The third-order valence-corrected chi connectivity index (χ3v) is 3.45. The van der Waals surface area contributed by atoms with E-state index >= 15 is 0 Å². The molecule has 1 heterocycles. The van der Waals surface area contributed by atoms with E-state index in [9.17, 15) is 0 Å². The minimum atomic E-state index is -0.0674. The highest BCUT2D eigenvalue weighted by atomic mass is 35.5. The number of hydrogen-bond donors (Lipinski definition) is 0. The van der Waals surface area contributed by atoms with Gasteiger partial charge in [-0.3, -0.25) is 0 Å². The first-order valence-corrected chi connectivity index (χ1v) is 5.99. The zero-order valence-electron chi connectivity index (χ0n) is 8.31. The molecule has 0 bridgehead atoms. The molecule has 0 fully saturated rings. The van der Waals surface area contributed by atoms with Gasteiger partial charge in [0.25, 0.3) is 0 Å². The largest absolute Gasteiger partial charge is 0.497 e. The SMILES string of the molecule is COc1ccc(C(Cl)c2ccsc2)cc1. The van der Waals surface area contributed by atoms with E-state index in [2.05, 4.69) is 5.38 Å². The van der Waals surface area contributed by atoms with Crippen molar-refractivity contribution in [2.24, 2.45) is 0 Å². The first kappa shape index (κ1) is 10.5. The Morgan fingerprint density at radius 3 is 2.40 bits per heavy atom. The molecule has 0 N–H and O–H groups in total. The Balaban J connectivity index is 2.22. The summed E-state index contributed by atoms with van der Waals surface area (Å²) in [4.78, 5) is 0. The van der Waals surface area contributed by atoms with Crippen molar-refractivity contribution in [1.29, 1.82) is 0 Å². The van der Waals surface area contributed by atoms with Gasteiger partial charge in [-0.15, -0.1) is 11.6 Å². The van der Waals surface area contributed by atoms with Gasteiger partial charge in [0.15, 0.2) is 0 Å². The fourth-order valence-electron chi connectivity index (χ4n) is 1.38. The molecule has 0 amide bonds. The Morgan fingerprint density at radius 1 is 1.13 bits per heavy atom. The lowest BCUT2D eigenvalue weighted by Crippen LogP contribution is -1.91. The third-order valence-electron chi connectivity index (χ3n) is 2.24. The lowest BCUT2D eigenvalue weighted by atomic mass is 10.1. The molecule has 0 aliphatic rings. The van der Waals surface area contributed by atoms with E-state index in [1.54, 1.807) is 18.4 Å². The molecule has 1 unspecified atom stereocenters. The molecule has 2 rings (SSSR count). The zero-order chi connectivity index (χ0) is 10.7. The maximum Gasteiger partial charge on any atom is 0.118 e. The maximum absolute atomic E-state index is 6.33. The van der Waals surface area contributed by atoms with Crippen molar-refractivity contribution in [3.05, 3.63) is 52.2 Å². The van der Waals surface area contributed by atoms with Crippen molar-refractivity contribution < 1.29 is 4.74 Å². The van der Waals surface area contributed by atoms with Crippen molar-refractivity contribution in [2.45, 2.75) is 5.38 Å². The standard InChI is InChI=1S/C12H11ClOS/c1-14-11-4-2-9(3-5-11)12(13)10-6-7-15-8-10/h2-8,12H,1H3. The average Bonchev–Trinajstić information content (AvgIpc) is 2.82. The van der Waals surface area contributed by atoms with Crippen molar-refractivity contribution in [3.8, 4) is 5.75 Å². The fraction of sp³-hybridized carbons (Fsp3) is 0.167. The molecular weight excluding hydrogens is 228 g/mol. The van der Waals surface area contributed by atoms with Crippen LogP contribution in [0.5, 0.6) is 5.75 Å². The first-order valence-electron chi connectivity index (χ1n) is 4.61. The average molecular weight is 239 g/mol. The minimum Gasteiger partial charge on any atom is -0.497 e. The lowest BCUT2D eigenvalue weighted by molar-refractivity contribution is 0.414. The van der Waals surface area contributed by atoms with Crippen molar-refractivity contribution >= 4 is 22.9 Å². The van der Waals surface area contributed by atoms with E-state index in [0.29, 0.717) is 0 Å². The van der Waals surface area contributed by atoms with Gasteiger partial charge in [0, 0.05) is 0 Å². The Hall–Kier alpha value is -0.990. The monoisotopic (exact) mass is 238 g/mol. The minimum absolute atomic E-state index is 0.0674. The number of ether oxygens (including phenoxy) is 1. The highest BCUT2D eigenvalue weighted by Crippen LogP contribution is 2.30. The van der Waals surface area contributed by atoms with Gasteiger partial charge in [-0.25, -0.2) is 0 Å². The van der Waals surface area contributed by atoms with Crippen LogP contribution in [0.25, 0.3) is 0 Å². The van der Waals surface area contributed by atoms with Crippen LogP contribution in [-0.4, -0.2) is 7.11 Å². The molecule has 0 saturated heterocycles. The van der Waals surface area contributed by atoms with Gasteiger partial charge in [-0.1, -0.05) is 12.1 Å². The predicted octanol–water partition coefficient (Wildman–Crippen LogP) is 4.08. The topological polar surface area (TPSA) is 9.23 Å². The highest BCUT2D eigenvalue weighted by molar-refractivity contribution is 7.08. The summed E-state index contributed by atoms with van der Waals surface area (Å²) in [5, 5.41) is 4.04. The number of methoxy groups -OCH3 is 1. The summed E-state index contributed by atoms with van der Waals surface area (Å²) in [6.07, 6.45) is 0. The molecule has 78 valence electrons. The van der Waals surface area contributed by atoms with Crippen LogP contribution >= 0.6 is 22.9 Å². The molecule has 1 atom stereocenters. The van der Waals surface area contributed by atoms with Crippen LogP contribution in [-0.2, 0) is 0 Å². The van der Waals surface area contributed by atoms with Crippen LogP contribution in [0.15, 0.2) is 41.1 Å². The van der Waals surface area contributed by atoms with Gasteiger partial charge < -0.3 is 4.74 Å². The molecule has 0 saturated carbocycles. The number of alkyl halides is 1. The molecule has 0 aliphatic heterocycles. The van der Waals surface area contributed by atoms with Gasteiger partial charge in [-0.2, -0.15) is 11.3 Å². The van der Waals surface area contributed by atoms with Gasteiger partial charge in [0.1, 0.15) is 5.75 Å². The second-order valence-electron chi connectivity index (χ2n) is 3.19. The molecule has 1 nitrogen and oxygen atoms in total. The van der Waals surface area contributed by atoms with E-state index in [1.165, 1.54) is 0 Å². The number of rotatable bonds is 3. The summed E-state index contributed by atoms with van der Waals surface area (Å²) in [7, 11) is 1.66. The Bertz CT molecular complexity index is 408.